The van der Waals surface area contributed by atoms with E-state index in [1.54, 1.807) is 18.9 Å². The van der Waals surface area contributed by atoms with Crippen LogP contribution >= 0.6 is 11.8 Å². The second kappa shape index (κ2) is 7.31. The number of hydrogen-bond donors (Lipinski definition) is 1. The quantitative estimate of drug-likeness (QED) is 0.478. The number of nitrogens with one attached hydrogen (secondary N) is 1. The van der Waals surface area contributed by atoms with Gasteiger partial charge in [-0.3, -0.25) is 0 Å². The maximum atomic E-state index is 5.06. The van der Waals surface area contributed by atoms with Crippen molar-refractivity contribution >= 4 is 28.5 Å². The van der Waals surface area contributed by atoms with Crippen LogP contribution in [0.4, 0.5) is 5.82 Å². The highest BCUT2D eigenvalue weighted by atomic mass is 32.2. The number of para-hydroxylation sites is 1. The summed E-state index contributed by atoms with van der Waals surface area (Å²) in [5.41, 5.74) is 0.982. The van der Waals surface area contributed by atoms with Crippen LogP contribution in [-0.4, -0.2) is 36.0 Å². The summed E-state index contributed by atoms with van der Waals surface area (Å²) < 4.78 is 5.06. The van der Waals surface area contributed by atoms with Crippen molar-refractivity contribution in [3.8, 4) is 0 Å². The first kappa shape index (κ1) is 14.1. The van der Waals surface area contributed by atoms with Crippen LogP contribution in [0.1, 0.15) is 13.3 Å². The Morgan fingerprint density at radius 3 is 2.89 bits per heavy atom. The standard InChI is InChI=1S/C14H19N3OS/c1-3-10-19-14-16-12-7-5-4-6-11(12)13(17-14)15-8-9-18-2/h4-7H,3,8-10H2,1-2H3,(H,15,16,17). The molecule has 1 heterocycles. The zero-order valence-electron chi connectivity index (χ0n) is 11.3. The summed E-state index contributed by atoms with van der Waals surface area (Å²) in [6, 6.07) is 8.07. The van der Waals surface area contributed by atoms with Crippen LogP contribution in [0.3, 0.4) is 0 Å². The minimum absolute atomic E-state index is 0.662. The Bertz CT molecular complexity index is 533. The van der Waals surface area contributed by atoms with Gasteiger partial charge in [0.15, 0.2) is 5.16 Å². The van der Waals surface area contributed by atoms with Crippen molar-refractivity contribution in [3.63, 3.8) is 0 Å². The number of fused-ring (bicyclic) bond motifs is 1. The van der Waals surface area contributed by atoms with Gasteiger partial charge in [-0.15, -0.1) is 0 Å². The average molecular weight is 277 g/mol. The normalized spacial score (nSPS) is 10.8. The van der Waals surface area contributed by atoms with Crippen LogP contribution in [0.15, 0.2) is 29.4 Å². The van der Waals surface area contributed by atoms with Crippen LogP contribution in [0.25, 0.3) is 10.9 Å². The van der Waals surface area contributed by atoms with Gasteiger partial charge in [-0.05, 0) is 18.6 Å². The van der Waals surface area contributed by atoms with Gasteiger partial charge < -0.3 is 10.1 Å². The van der Waals surface area contributed by atoms with Gasteiger partial charge in [-0.25, -0.2) is 9.97 Å². The summed E-state index contributed by atoms with van der Waals surface area (Å²) in [5.74, 6) is 1.93. The number of nitrogens with zero attached hydrogens (tertiary/aromatic N) is 2. The fourth-order valence-corrected chi connectivity index (χ4v) is 2.42. The Morgan fingerprint density at radius 2 is 2.11 bits per heavy atom. The zero-order chi connectivity index (χ0) is 13.5. The van der Waals surface area contributed by atoms with Crippen LogP contribution < -0.4 is 5.32 Å². The van der Waals surface area contributed by atoms with Crippen molar-refractivity contribution in [1.29, 1.82) is 0 Å². The van der Waals surface area contributed by atoms with Crippen molar-refractivity contribution in [3.05, 3.63) is 24.3 Å². The van der Waals surface area contributed by atoms with E-state index in [0.717, 1.165) is 40.6 Å². The Kier molecular flexibility index (Phi) is 5.42. The van der Waals surface area contributed by atoms with E-state index in [2.05, 4.69) is 22.2 Å². The molecule has 0 saturated carbocycles. The lowest BCUT2D eigenvalue weighted by molar-refractivity contribution is 0.210. The molecule has 0 spiro atoms. The van der Waals surface area contributed by atoms with Gasteiger partial charge in [-0.2, -0.15) is 0 Å². The van der Waals surface area contributed by atoms with Gasteiger partial charge in [0.2, 0.25) is 0 Å². The number of anilines is 1. The molecule has 5 heteroatoms. The number of benzene rings is 1. The summed E-state index contributed by atoms with van der Waals surface area (Å²) in [7, 11) is 1.70. The Morgan fingerprint density at radius 1 is 1.26 bits per heavy atom. The van der Waals surface area contributed by atoms with E-state index in [-0.39, 0.29) is 0 Å². The molecule has 0 bridgehead atoms. The molecule has 1 N–H and O–H groups in total. The predicted octanol–water partition coefficient (Wildman–Crippen LogP) is 3.19. The predicted molar refractivity (Wildman–Crippen MR) is 80.9 cm³/mol. The largest absolute Gasteiger partial charge is 0.383 e. The Labute approximate surface area is 118 Å². The number of ether oxygens (including phenoxy) is 1. The summed E-state index contributed by atoms with van der Waals surface area (Å²) in [5, 5.41) is 5.20. The number of thioether (sulfide) groups is 1. The smallest absolute Gasteiger partial charge is 0.190 e. The highest BCUT2D eigenvalue weighted by molar-refractivity contribution is 7.99. The monoisotopic (exact) mass is 277 g/mol. The van der Waals surface area contributed by atoms with E-state index in [0.29, 0.717) is 6.61 Å². The van der Waals surface area contributed by atoms with E-state index in [4.69, 9.17) is 4.74 Å². The molecule has 0 amide bonds. The first-order chi connectivity index (χ1) is 9.35. The number of hydrogen-bond acceptors (Lipinski definition) is 5. The van der Waals surface area contributed by atoms with E-state index >= 15 is 0 Å². The Balaban J connectivity index is 2.28. The molecule has 2 rings (SSSR count). The molecular formula is C14H19N3OS. The molecule has 0 fully saturated rings. The van der Waals surface area contributed by atoms with E-state index in [1.165, 1.54) is 0 Å². The highest BCUT2D eigenvalue weighted by Gasteiger charge is 2.07. The summed E-state index contributed by atoms with van der Waals surface area (Å²) in [6.45, 7) is 3.57. The molecule has 0 radical (unpaired) electrons. The molecule has 102 valence electrons. The van der Waals surface area contributed by atoms with Crippen LogP contribution in [-0.2, 0) is 4.74 Å². The lowest BCUT2D eigenvalue weighted by atomic mass is 10.2. The first-order valence-electron chi connectivity index (χ1n) is 6.47. The highest BCUT2D eigenvalue weighted by Crippen LogP contribution is 2.24. The molecular weight excluding hydrogens is 258 g/mol. The van der Waals surface area contributed by atoms with Crippen molar-refractivity contribution in [1.82, 2.24) is 9.97 Å². The van der Waals surface area contributed by atoms with Crippen LogP contribution in [0.2, 0.25) is 0 Å². The molecule has 1 aromatic heterocycles. The fraction of sp³-hybridized carbons (Fsp3) is 0.429. The summed E-state index contributed by atoms with van der Waals surface area (Å²) in [4.78, 5) is 9.18. The van der Waals surface area contributed by atoms with Gasteiger partial charge in [0, 0.05) is 24.8 Å². The van der Waals surface area contributed by atoms with Crippen molar-refractivity contribution in [2.75, 3.05) is 31.3 Å². The molecule has 0 aliphatic rings. The molecule has 19 heavy (non-hydrogen) atoms. The van der Waals surface area contributed by atoms with Gasteiger partial charge in [0.05, 0.1) is 12.1 Å². The lowest BCUT2D eigenvalue weighted by Gasteiger charge is -2.10. The molecule has 4 nitrogen and oxygen atoms in total. The average Bonchev–Trinajstić information content (AvgIpc) is 2.45. The number of methoxy groups -OCH3 is 1. The van der Waals surface area contributed by atoms with Gasteiger partial charge in [0.25, 0.3) is 0 Å². The summed E-state index contributed by atoms with van der Waals surface area (Å²) >= 11 is 1.70. The zero-order valence-corrected chi connectivity index (χ0v) is 12.2. The first-order valence-corrected chi connectivity index (χ1v) is 7.46. The molecule has 1 aromatic carbocycles. The van der Waals surface area contributed by atoms with E-state index in [1.807, 2.05) is 24.3 Å². The van der Waals surface area contributed by atoms with Gasteiger partial charge in [0.1, 0.15) is 5.82 Å². The minimum Gasteiger partial charge on any atom is -0.383 e. The Hall–Kier alpha value is -1.33. The third kappa shape index (κ3) is 3.81. The van der Waals surface area contributed by atoms with Crippen LogP contribution in [0.5, 0.6) is 0 Å². The lowest BCUT2D eigenvalue weighted by Crippen LogP contribution is -2.10. The van der Waals surface area contributed by atoms with Crippen molar-refractivity contribution < 1.29 is 4.74 Å². The second-order valence-corrected chi connectivity index (χ2v) is 5.20. The third-order valence-electron chi connectivity index (χ3n) is 2.62. The number of aromatic nitrogens is 2. The molecule has 0 aliphatic heterocycles. The molecule has 2 aromatic rings. The van der Waals surface area contributed by atoms with E-state index in [9.17, 15) is 0 Å². The second-order valence-electron chi connectivity index (χ2n) is 4.14. The van der Waals surface area contributed by atoms with Gasteiger partial charge in [-0.1, -0.05) is 30.8 Å². The maximum Gasteiger partial charge on any atom is 0.190 e. The van der Waals surface area contributed by atoms with Gasteiger partial charge >= 0.3 is 0 Å². The van der Waals surface area contributed by atoms with Crippen molar-refractivity contribution in [2.24, 2.45) is 0 Å². The molecule has 0 atom stereocenters. The van der Waals surface area contributed by atoms with Crippen molar-refractivity contribution in [2.45, 2.75) is 18.5 Å². The summed E-state index contributed by atoms with van der Waals surface area (Å²) in [6.07, 6.45) is 1.12. The molecule has 0 unspecified atom stereocenters. The minimum atomic E-state index is 0.662. The third-order valence-corrected chi connectivity index (χ3v) is 3.67. The SMILES string of the molecule is CCCSc1nc(NCCOC)c2ccccc2n1. The van der Waals surface area contributed by atoms with Crippen LogP contribution in [0, 0.1) is 0 Å². The molecule has 0 aliphatic carbocycles. The topological polar surface area (TPSA) is 47.0 Å². The fourth-order valence-electron chi connectivity index (χ4n) is 1.72. The maximum absolute atomic E-state index is 5.06. The number of rotatable bonds is 7. The van der Waals surface area contributed by atoms with E-state index < -0.39 is 0 Å². The molecule has 0 saturated heterocycles.